The van der Waals surface area contributed by atoms with E-state index in [1.54, 1.807) is 12.5 Å². The molecule has 5 heteroatoms. The van der Waals surface area contributed by atoms with E-state index in [0.717, 1.165) is 44.1 Å². The van der Waals surface area contributed by atoms with Crippen molar-refractivity contribution in [2.24, 2.45) is 0 Å². The van der Waals surface area contributed by atoms with Crippen LogP contribution in [0.3, 0.4) is 0 Å². The second-order valence-electron chi connectivity index (χ2n) is 7.04. The smallest absolute Gasteiger partial charge is 0.224 e. The van der Waals surface area contributed by atoms with Crippen molar-refractivity contribution in [2.45, 2.75) is 13.0 Å². The molecule has 0 bridgehead atoms. The van der Waals surface area contributed by atoms with Gasteiger partial charge in [0.05, 0.1) is 18.4 Å². The maximum absolute atomic E-state index is 12.6. The number of benzene rings is 3. The van der Waals surface area contributed by atoms with Crippen LogP contribution in [-0.4, -0.2) is 16.1 Å². The summed E-state index contributed by atoms with van der Waals surface area (Å²) in [5, 5.41) is 13.2. The molecule has 2 heterocycles. The Balaban J connectivity index is 1.29. The minimum absolute atomic E-state index is 0.0294. The van der Waals surface area contributed by atoms with Crippen molar-refractivity contribution >= 4 is 27.6 Å². The van der Waals surface area contributed by atoms with Crippen LogP contribution < -0.4 is 5.32 Å². The lowest BCUT2D eigenvalue weighted by molar-refractivity contribution is -0.120. The van der Waals surface area contributed by atoms with Crippen molar-refractivity contribution in [1.29, 1.82) is 0 Å². The first-order valence-corrected chi connectivity index (χ1v) is 9.51. The minimum atomic E-state index is -0.0294. The van der Waals surface area contributed by atoms with E-state index < -0.39 is 0 Å². The third-order valence-electron chi connectivity index (χ3n) is 5.15. The molecule has 0 atom stereocenters. The van der Waals surface area contributed by atoms with Crippen molar-refractivity contribution in [1.82, 2.24) is 15.5 Å². The number of amides is 1. The van der Waals surface area contributed by atoms with Gasteiger partial charge in [0.15, 0.2) is 0 Å². The maximum atomic E-state index is 12.6. The lowest BCUT2D eigenvalue weighted by Gasteiger charge is -2.06. The predicted molar refractivity (Wildman–Crippen MR) is 113 cm³/mol. The molecule has 5 nitrogen and oxygen atoms in total. The minimum Gasteiger partial charge on any atom is -0.464 e. The Morgan fingerprint density at radius 1 is 1.00 bits per heavy atom. The zero-order valence-corrected chi connectivity index (χ0v) is 15.7. The maximum Gasteiger partial charge on any atom is 0.224 e. The molecule has 3 aromatic carbocycles. The lowest BCUT2D eigenvalue weighted by atomic mass is 10.0. The molecule has 2 aromatic heterocycles. The summed E-state index contributed by atoms with van der Waals surface area (Å²) in [5.41, 5.74) is 4.79. The van der Waals surface area contributed by atoms with E-state index in [1.165, 1.54) is 0 Å². The molecule has 1 amide bonds. The highest BCUT2D eigenvalue weighted by Gasteiger charge is 2.13. The fraction of sp³-hybridized carbons (Fsp3) is 0.0833. The second kappa shape index (κ2) is 7.28. The molecular weight excluding hydrogens is 362 g/mol. The van der Waals surface area contributed by atoms with Gasteiger partial charge in [0, 0.05) is 23.7 Å². The number of H-pyrrole nitrogens is 1. The highest BCUT2D eigenvalue weighted by Crippen LogP contribution is 2.30. The average molecular weight is 381 g/mol. The number of hydrogen-bond acceptors (Lipinski definition) is 3. The number of furan rings is 1. The van der Waals surface area contributed by atoms with Crippen molar-refractivity contribution in [2.75, 3.05) is 0 Å². The molecule has 0 saturated carbocycles. The van der Waals surface area contributed by atoms with Crippen LogP contribution in [0, 0.1) is 0 Å². The molecule has 5 aromatic rings. The summed E-state index contributed by atoms with van der Waals surface area (Å²) in [6, 6.07) is 22.1. The standard InChI is InChI=1S/C24H19N3O2/c28-23(25-14-16-5-7-18(8-6-16)21-11-12-26-27-21)13-19-15-29-22-10-9-17-3-1-2-4-20(17)24(19)22/h1-12,15H,13-14H2,(H,25,28)(H,26,27). The highest BCUT2D eigenvalue weighted by molar-refractivity contribution is 6.08. The molecule has 0 spiro atoms. The van der Waals surface area contributed by atoms with Gasteiger partial charge in [-0.15, -0.1) is 0 Å². The van der Waals surface area contributed by atoms with E-state index in [1.807, 2.05) is 54.6 Å². The Hall–Kier alpha value is -3.86. The van der Waals surface area contributed by atoms with Crippen LogP contribution in [0.2, 0.25) is 0 Å². The summed E-state index contributed by atoms with van der Waals surface area (Å²) in [7, 11) is 0. The number of carbonyl (C=O) groups excluding carboxylic acids is 1. The Morgan fingerprint density at radius 3 is 2.69 bits per heavy atom. The topological polar surface area (TPSA) is 70.9 Å². The quantitative estimate of drug-likeness (QED) is 0.458. The van der Waals surface area contributed by atoms with Crippen LogP contribution in [0.25, 0.3) is 33.0 Å². The van der Waals surface area contributed by atoms with E-state index in [9.17, 15) is 4.79 Å². The van der Waals surface area contributed by atoms with Crippen LogP contribution in [-0.2, 0) is 17.8 Å². The van der Waals surface area contributed by atoms with Gasteiger partial charge in [0.1, 0.15) is 5.58 Å². The summed E-state index contributed by atoms with van der Waals surface area (Å²) < 4.78 is 5.68. The number of rotatable bonds is 5. The second-order valence-corrected chi connectivity index (χ2v) is 7.04. The van der Waals surface area contributed by atoms with Gasteiger partial charge in [-0.1, -0.05) is 54.6 Å². The fourth-order valence-corrected chi connectivity index (χ4v) is 3.66. The van der Waals surface area contributed by atoms with Gasteiger partial charge in [-0.05, 0) is 34.0 Å². The van der Waals surface area contributed by atoms with Crippen LogP contribution in [0.5, 0.6) is 0 Å². The number of aromatic amines is 1. The number of nitrogens with zero attached hydrogens (tertiary/aromatic N) is 1. The molecule has 0 fully saturated rings. The highest BCUT2D eigenvalue weighted by atomic mass is 16.3. The first-order valence-electron chi connectivity index (χ1n) is 9.51. The number of aromatic nitrogens is 2. The monoisotopic (exact) mass is 381 g/mol. The number of fused-ring (bicyclic) bond motifs is 3. The predicted octanol–water partition coefficient (Wildman–Crippen LogP) is 4.84. The number of carbonyl (C=O) groups is 1. The molecule has 0 saturated heterocycles. The summed E-state index contributed by atoms with van der Waals surface area (Å²) in [6.07, 6.45) is 3.70. The summed E-state index contributed by atoms with van der Waals surface area (Å²) in [6.45, 7) is 0.485. The van der Waals surface area contributed by atoms with Crippen molar-refractivity contribution in [3.8, 4) is 11.3 Å². The number of hydrogen-bond donors (Lipinski definition) is 2. The third kappa shape index (κ3) is 3.38. The summed E-state index contributed by atoms with van der Waals surface area (Å²) in [5.74, 6) is -0.0294. The van der Waals surface area contributed by atoms with E-state index >= 15 is 0 Å². The molecule has 0 aliphatic rings. The molecule has 0 aliphatic heterocycles. The molecule has 29 heavy (non-hydrogen) atoms. The van der Waals surface area contributed by atoms with Gasteiger partial charge in [-0.3, -0.25) is 9.89 Å². The third-order valence-corrected chi connectivity index (χ3v) is 5.15. The zero-order chi connectivity index (χ0) is 19.6. The molecule has 0 aliphatic carbocycles. The van der Waals surface area contributed by atoms with E-state index in [2.05, 4.69) is 27.6 Å². The molecule has 0 radical (unpaired) electrons. The van der Waals surface area contributed by atoms with Gasteiger partial charge >= 0.3 is 0 Å². The molecule has 2 N–H and O–H groups in total. The van der Waals surface area contributed by atoms with Gasteiger partial charge < -0.3 is 9.73 Å². The molecule has 0 unspecified atom stereocenters. The van der Waals surface area contributed by atoms with Gasteiger partial charge in [0.2, 0.25) is 5.91 Å². The first-order chi connectivity index (χ1) is 14.3. The molecule has 5 rings (SSSR count). The molecular formula is C24H19N3O2. The zero-order valence-electron chi connectivity index (χ0n) is 15.7. The Labute approximate surface area is 167 Å². The Morgan fingerprint density at radius 2 is 1.86 bits per heavy atom. The fourth-order valence-electron chi connectivity index (χ4n) is 3.66. The van der Waals surface area contributed by atoms with Crippen LogP contribution in [0.15, 0.2) is 83.6 Å². The first kappa shape index (κ1) is 17.3. The van der Waals surface area contributed by atoms with Crippen LogP contribution in [0.1, 0.15) is 11.1 Å². The normalized spacial score (nSPS) is 11.2. The van der Waals surface area contributed by atoms with Crippen molar-refractivity contribution < 1.29 is 9.21 Å². The Bertz CT molecular complexity index is 1290. The largest absolute Gasteiger partial charge is 0.464 e. The van der Waals surface area contributed by atoms with E-state index in [0.29, 0.717) is 6.54 Å². The summed E-state index contributed by atoms with van der Waals surface area (Å²) >= 11 is 0. The lowest BCUT2D eigenvalue weighted by Crippen LogP contribution is -2.24. The van der Waals surface area contributed by atoms with Gasteiger partial charge in [0.25, 0.3) is 0 Å². The van der Waals surface area contributed by atoms with Crippen molar-refractivity contribution in [3.63, 3.8) is 0 Å². The van der Waals surface area contributed by atoms with E-state index in [4.69, 9.17) is 4.42 Å². The van der Waals surface area contributed by atoms with Crippen molar-refractivity contribution in [3.05, 3.63) is 90.3 Å². The van der Waals surface area contributed by atoms with Crippen LogP contribution in [0.4, 0.5) is 0 Å². The molecule has 142 valence electrons. The van der Waals surface area contributed by atoms with Crippen LogP contribution >= 0.6 is 0 Å². The Kier molecular flexibility index (Phi) is 4.33. The van der Waals surface area contributed by atoms with E-state index in [-0.39, 0.29) is 12.3 Å². The van der Waals surface area contributed by atoms with Gasteiger partial charge in [-0.25, -0.2) is 0 Å². The number of nitrogens with one attached hydrogen (secondary N) is 2. The van der Waals surface area contributed by atoms with Gasteiger partial charge in [-0.2, -0.15) is 5.10 Å². The average Bonchev–Trinajstić information content (AvgIpc) is 3.43. The SMILES string of the molecule is O=C(Cc1coc2ccc3ccccc3c12)NCc1ccc(-c2ccn[nH]2)cc1. The summed E-state index contributed by atoms with van der Waals surface area (Å²) in [4.78, 5) is 12.6.